The fraction of sp³-hybridized carbons (Fsp3) is 0.462. The summed E-state index contributed by atoms with van der Waals surface area (Å²) in [6.45, 7) is 21.3. The van der Waals surface area contributed by atoms with Crippen molar-refractivity contribution in [1.82, 2.24) is 0 Å². The number of hydrogen-bond acceptors (Lipinski definition) is 1. The average molecular weight is 477 g/mol. The topological polar surface area (TPSA) is 9.23 Å². The van der Waals surface area contributed by atoms with Crippen molar-refractivity contribution in [2.45, 2.75) is 53.6 Å². The minimum absolute atomic E-state index is 0.0409. The van der Waals surface area contributed by atoms with Crippen LogP contribution in [0.5, 0.6) is 0 Å². The molecular weight excluding hydrogens is 442 g/mol. The molecule has 0 N–H and O–H groups in total. The SMILES string of the molecule is C=C(/C=C(/F)C(=C)F)OC(F)(F)C(C)CCC(C)C(=C)/C(F)=C(/F)C(=C)[C@H](C)/C=C\C(C)C. The Balaban J connectivity index is 5.12. The fourth-order valence-corrected chi connectivity index (χ4v) is 2.57. The van der Waals surface area contributed by atoms with E-state index in [0.29, 0.717) is 6.08 Å². The molecule has 0 aromatic rings. The van der Waals surface area contributed by atoms with E-state index in [-0.39, 0.29) is 29.9 Å². The average Bonchev–Trinajstić information content (AvgIpc) is 2.72. The summed E-state index contributed by atoms with van der Waals surface area (Å²) in [5, 5.41) is 0. The monoisotopic (exact) mass is 476 g/mol. The van der Waals surface area contributed by atoms with Crippen molar-refractivity contribution in [1.29, 1.82) is 0 Å². The first-order valence-corrected chi connectivity index (χ1v) is 10.6. The Labute approximate surface area is 193 Å². The Bertz CT molecular complexity index is 832. The van der Waals surface area contributed by atoms with Crippen LogP contribution in [0.2, 0.25) is 0 Å². The molecule has 0 rings (SSSR count). The Morgan fingerprint density at radius 1 is 0.818 bits per heavy atom. The van der Waals surface area contributed by atoms with E-state index in [1.165, 1.54) is 13.8 Å². The van der Waals surface area contributed by atoms with E-state index in [4.69, 9.17) is 0 Å². The van der Waals surface area contributed by atoms with Gasteiger partial charge in [0.05, 0.1) is 5.92 Å². The van der Waals surface area contributed by atoms with Gasteiger partial charge < -0.3 is 4.74 Å². The molecule has 0 radical (unpaired) electrons. The van der Waals surface area contributed by atoms with Crippen LogP contribution in [0, 0.1) is 23.7 Å². The molecule has 33 heavy (non-hydrogen) atoms. The van der Waals surface area contributed by atoms with Crippen molar-refractivity contribution in [2.24, 2.45) is 23.7 Å². The fourth-order valence-electron chi connectivity index (χ4n) is 2.57. The number of rotatable bonds is 14. The highest BCUT2D eigenvalue weighted by atomic mass is 19.3. The van der Waals surface area contributed by atoms with Gasteiger partial charge in [-0.2, -0.15) is 8.78 Å². The van der Waals surface area contributed by atoms with Crippen molar-refractivity contribution >= 4 is 0 Å². The summed E-state index contributed by atoms with van der Waals surface area (Å²) in [5.74, 6) is -8.21. The first-order valence-electron chi connectivity index (χ1n) is 10.6. The Hall–Kier alpha value is -2.44. The number of ether oxygens (including phenoxy) is 1. The first kappa shape index (κ1) is 30.6. The number of alkyl halides is 2. The molecule has 0 amide bonds. The molecular formula is C26H34F6O. The van der Waals surface area contributed by atoms with E-state index in [2.05, 4.69) is 31.1 Å². The third-order valence-electron chi connectivity index (χ3n) is 5.11. The molecule has 0 aliphatic rings. The molecule has 0 saturated heterocycles. The number of allylic oxidation sites excluding steroid dienone is 9. The Kier molecular flexibility index (Phi) is 12.3. The Morgan fingerprint density at radius 2 is 1.33 bits per heavy atom. The lowest BCUT2D eigenvalue weighted by atomic mass is 9.90. The summed E-state index contributed by atoms with van der Waals surface area (Å²) in [4.78, 5) is 0. The van der Waals surface area contributed by atoms with Crippen molar-refractivity contribution in [2.75, 3.05) is 0 Å². The highest BCUT2D eigenvalue weighted by molar-refractivity contribution is 5.38. The molecule has 186 valence electrons. The van der Waals surface area contributed by atoms with Crippen molar-refractivity contribution in [3.8, 4) is 0 Å². The van der Waals surface area contributed by atoms with E-state index in [1.54, 1.807) is 13.0 Å². The smallest absolute Gasteiger partial charge is 0.400 e. The Morgan fingerprint density at radius 3 is 1.82 bits per heavy atom. The largest absolute Gasteiger partial charge is 0.433 e. The lowest BCUT2D eigenvalue weighted by Gasteiger charge is -2.25. The maximum Gasteiger partial charge on any atom is 0.400 e. The van der Waals surface area contributed by atoms with Crippen molar-refractivity contribution < 1.29 is 31.1 Å². The van der Waals surface area contributed by atoms with E-state index in [9.17, 15) is 26.3 Å². The summed E-state index contributed by atoms with van der Waals surface area (Å²) in [7, 11) is 0. The molecule has 0 heterocycles. The van der Waals surface area contributed by atoms with Crippen molar-refractivity contribution in [3.05, 3.63) is 84.8 Å². The highest BCUT2D eigenvalue weighted by Gasteiger charge is 2.39. The second-order valence-electron chi connectivity index (χ2n) is 8.50. The zero-order chi connectivity index (χ0) is 26.1. The zero-order valence-electron chi connectivity index (χ0n) is 20.0. The third-order valence-corrected chi connectivity index (χ3v) is 5.11. The molecule has 0 bridgehead atoms. The maximum atomic E-state index is 14.6. The molecule has 2 unspecified atom stereocenters. The lowest BCUT2D eigenvalue weighted by Crippen LogP contribution is -2.29. The van der Waals surface area contributed by atoms with Gasteiger partial charge in [-0.15, -0.1) is 0 Å². The zero-order valence-corrected chi connectivity index (χ0v) is 20.0. The molecule has 7 heteroatoms. The van der Waals surface area contributed by atoms with Gasteiger partial charge in [-0.05, 0) is 35.8 Å². The van der Waals surface area contributed by atoms with E-state index >= 15 is 0 Å². The number of hydrogen-bond donors (Lipinski definition) is 0. The van der Waals surface area contributed by atoms with E-state index in [1.807, 2.05) is 19.9 Å². The predicted octanol–water partition coefficient (Wildman–Crippen LogP) is 9.61. The van der Waals surface area contributed by atoms with Gasteiger partial charge in [0.2, 0.25) is 0 Å². The molecule has 1 nitrogen and oxygen atoms in total. The van der Waals surface area contributed by atoms with E-state index < -0.39 is 52.9 Å². The van der Waals surface area contributed by atoms with Crippen LogP contribution in [-0.2, 0) is 4.74 Å². The van der Waals surface area contributed by atoms with Gasteiger partial charge in [0.15, 0.2) is 23.3 Å². The summed E-state index contributed by atoms with van der Waals surface area (Å²) in [6.07, 6.45) is 0.0983. The molecule has 0 aliphatic heterocycles. The number of halogens is 6. The van der Waals surface area contributed by atoms with Crippen molar-refractivity contribution in [3.63, 3.8) is 0 Å². The van der Waals surface area contributed by atoms with Crippen LogP contribution in [0.4, 0.5) is 26.3 Å². The molecule has 0 spiro atoms. The molecule has 3 atom stereocenters. The van der Waals surface area contributed by atoms with Crippen LogP contribution < -0.4 is 0 Å². The summed E-state index contributed by atoms with van der Waals surface area (Å²) >= 11 is 0. The van der Waals surface area contributed by atoms with E-state index in [0.717, 1.165) is 0 Å². The standard InChI is InChI=1S/C26H34F6O/c1-15(2)10-11-16(3)20(7)24(29)25(30)21(8)17(4)12-13-18(5)26(31,32)33-19(6)14-23(28)22(9)27/h10-11,14-18H,6-9,12-13H2,1-5H3/b11-10-,23-14+,25-24-/t16-,17?,18?/m1/s1. The molecule has 0 aromatic carbocycles. The van der Waals surface area contributed by atoms with Gasteiger partial charge in [0, 0.05) is 12.0 Å². The normalized spacial score (nSPS) is 16.3. The molecule has 0 fully saturated rings. The van der Waals surface area contributed by atoms with Crippen LogP contribution >= 0.6 is 0 Å². The minimum atomic E-state index is -3.75. The van der Waals surface area contributed by atoms with Crippen LogP contribution in [0.15, 0.2) is 84.8 Å². The van der Waals surface area contributed by atoms with Crippen LogP contribution in [0.25, 0.3) is 0 Å². The van der Waals surface area contributed by atoms with Crippen LogP contribution in [0.3, 0.4) is 0 Å². The maximum absolute atomic E-state index is 14.6. The summed E-state index contributed by atoms with van der Waals surface area (Å²) < 4.78 is 87.8. The first-order chi connectivity index (χ1) is 15.0. The van der Waals surface area contributed by atoms with Gasteiger partial charge in [-0.3, -0.25) is 0 Å². The van der Waals surface area contributed by atoms with Gasteiger partial charge in [-0.1, -0.05) is 73.1 Å². The quantitative estimate of drug-likeness (QED) is 0.105. The molecule has 0 aliphatic carbocycles. The second-order valence-corrected chi connectivity index (χ2v) is 8.50. The lowest BCUT2D eigenvalue weighted by molar-refractivity contribution is -0.245. The minimum Gasteiger partial charge on any atom is -0.433 e. The summed E-state index contributed by atoms with van der Waals surface area (Å²) in [6, 6.07) is 0. The summed E-state index contributed by atoms with van der Waals surface area (Å²) in [5.41, 5.74) is -0.207. The van der Waals surface area contributed by atoms with Gasteiger partial charge in [0.25, 0.3) is 0 Å². The third kappa shape index (κ3) is 10.4. The van der Waals surface area contributed by atoms with Gasteiger partial charge >= 0.3 is 6.11 Å². The van der Waals surface area contributed by atoms with Crippen LogP contribution in [0.1, 0.15) is 47.5 Å². The predicted molar refractivity (Wildman–Crippen MR) is 123 cm³/mol. The van der Waals surface area contributed by atoms with Gasteiger partial charge in [-0.25, -0.2) is 17.6 Å². The van der Waals surface area contributed by atoms with Gasteiger partial charge in [0.1, 0.15) is 5.76 Å². The highest BCUT2D eigenvalue weighted by Crippen LogP contribution is 2.36. The van der Waals surface area contributed by atoms with Crippen LogP contribution in [-0.4, -0.2) is 6.11 Å². The molecule has 0 aromatic heterocycles. The second kappa shape index (κ2) is 13.3. The molecule has 0 saturated carbocycles.